The molecule has 0 aliphatic heterocycles. The minimum atomic E-state index is -0.412. The van der Waals surface area contributed by atoms with Gasteiger partial charge >= 0.3 is 0 Å². The maximum Gasteiger partial charge on any atom is 0.257 e. The number of carbonyl (C=O) groups excluding carboxylic acids is 1. The summed E-state index contributed by atoms with van der Waals surface area (Å²) >= 11 is 3.11. The van der Waals surface area contributed by atoms with Crippen LogP contribution in [0.3, 0.4) is 0 Å². The third-order valence-corrected chi connectivity index (χ3v) is 3.59. The molecule has 2 rings (SSSR count). The largest absolute Gasteiger partial charge is 0.322 e. The van der Waals surface area contributed by atoms with E-state index in [-0.39, 0.29) is 5.91 Å². The van der Waals surface area contributed by atoms with Crippen LogP contribution in [0.1, 0.15) is 27.3 Å². The summed E-state index contributed by atoms with van der Waals surface area (Å²) < 4.78 is 13.9. The molecule has 1 N–H and O–H groups in total. The zero-order valence-corrected chi connectivity index (χ0v) is 13.0. The van der Waals surface area contributed by atoms with Crippen LogP contribution in [-0.4, -0.2) is 10.9 Å². The van der Waals surface area contributed by atoms with E-state index in [4.69, 9.17) is 0 Å². The maximum absolute atomic E-state index is 13.5. The zero-order valence-electron chi connectivity index (χ0n) is 11.4. The molecule has 1 aromatic heterocycles. The van der Waals surface area contributed by atoms with Gasteiger partial charge in [0.15, 0.2) is 0 Å². The number of nitrogens with zero attached hydrogens (tertiary/aromatic N) is 1. The van der Waals surface area contributed by atoms with E-state index < -0.39 is 5.82 Å². The average Bonchev–Trinajstić information content (AvgIpc) is 2.35. The number of hydrogen-bond acceptors (Lipinski definition) is 2. The second-order valence-electron chi connectivity index (χ2n) is 4.62. The summed E-state index contributed by atoms with van der Waals surface area (Å²) in [6.45, 7) is 5.44. The number of amides is 1. The highest BCUT2D eigenvalue weighted by Gasteiger charge is 2.13. The summed E-state index contributed by atoms with van der Waals surface area (Å²) in [5, 5.41) is 2.72. The monoisotopic (exact) mass is 336 g/mol. The van der Waals surface area contributed by atoms with Gasteiger partial charge in [-0.15, -0.1) is 0 Å². The Balaban J connectivity index is 2.30. The van der Waals surface area contributed by atoms with E-state index in [1.54, 1.807) is 32.0 Å². The fourth-order valence-electron chi connectivity index (χ4n) is 1.90. The summed E-state index contributed by atoms with van der Waals surface area (Å²) in [6, 6.07) is 6.42. The van der Waals surface area contributed by atoms with E-state index >= 15 is 0 Å². The van der Waals surface area contributed by atoms with Gasteiger partial charge in [-0.1, -0.05) is 0 Å². The van der Waals surface area contributed by atoms with Gasteiger partial charge in [-0.3, -0.25) is 9.78 Å². The molecular formula is C15H14BrFN2O. The van der Waals surface area contributed by atoms with Gasteiger partial charge in [-0.25, -0.2) is 4.39 Å². The molecule has 1 aromatic carbocycles. The predicted octanol–water partition coefficient (Wildman–Crippen LogP) is 4.16. The minimum Gasteiger partial charge on any atom is -0.322 e. The number of nitrogens with one attached hydrogen (secondary N) is 1. The Labute approximate surface area is 125 Å². The molecule has 0 atom stereocenters. The van der Waals surface area contributed by atoms with Crippen LogP contribution >= 0.6 is 15.9 Å². The number of anilines is 1. The van der Waals surface area contributed by atoms with E-state index in [9.17, 15) is 9.18 Å². The zero-order chi connectivity index (χ0) is 14.9. The molecule has 0 fully saturated rings. The van der Waals surface area contributed by atoms with Crippen molar-refractivity contribution in [3.8, 4) is 0 Å². The smallest absolute Gasteiger partial charge is 0.257 e. The van der Waals surface area contributed by atoms with Crippen LogP contribution in [0.4, 0.5) is 10.1 Å². The third-order valence-electron chi connectivity index (χ3n) is 2.99. The van der Waals surface area contributed by atoms with E-state index in [2.05, 4.69) is 26.2 Å². The van der Waals surface area contributed by atoms with Crippen LogP contribution in [0.5, 0.6) is 0 Å². The third kappa shape index (κ3) is 3.04. The Bertz CT molecular complexity index is 686. The highest BCUT2D eigenvalue weighted by atomic mass is 79.9. The standard InChI is InChI=1S/C15H14BrFN2O/c1-8-6-12(16)13(17)7-14(8)19-15(20)11-5-4-9(2)18-10(11)3/h4-7H,1-3H3,(H,19,20). The number of aromatic nitrogens is 1. The second kappa shape index (κ2) is 5.71. The number of benzene rings is 1. The highest BCUT2D eigenvalue weighted by Crippen LogP contribution is 2.24. The lowest BCUT2D eigenvalue weighted by Gasteiger charge is -2.11. The molecule has 1 heterocycles. The van der Waals surface area contributed by atoms with Crippen molar-refractivity contribution in [3.05, 3.63) is 57.1 Å². The SMILES string of the molecule is Cc1ccc(C(=O)Nc2cc(F)c(Br)cc2C)c(C)n1. The Hall–Kier alpha value is -1.75. The summed E-state index contributed by atoms with van der Waals surface area (Å²) in [6.07, 6.45) is 0. The van der Waals surface area contributed by atoms with Crippen molar-refractivity contribution in [1.29, 1.82) is 0 Å². The Kier molecular flexibility index (Phi) is 4.18. The summed E-state index contributed by atoms with van der Waals surface area (Å²) in [5.41, 5.74) is 3.22. The summed E-state index contributed by atoms with van der Waals surface area (Å²) in [4.78, 5) is 16.5. The highest BCUT2D eigenvalue weighted by molar-refractivity contribution is 9.10. The number of pyridine rings is 1. The molecule has 3 nitrogen and oxygen atoms in total. The fourth-order valence-corrected chi connectivity index (χ4v) is 2.35. The maximum atomic E-state index is 13.5. The van der Waals surface area contributed by atoms with E-state index in [1.807, 2.05) is 6.92 Å². The van der Waals surface area contributed by atoms with Crippen molar-refractivity contribution in [3.63, 3.8) is 0 Å². The number of hydrogen-bond donors (Lipinski definition) is 1. The van der Waals surface area contributed by atoms with Crippen LogP contribution in [0.25, 0.3) is 0 Å². The van der Waals surface area contributed by atoms with Crippen molar-refractivity contribution in [2.75, 3.05) is 5.32 Å². The number of carbonyl (C=O) groups is 1. The minimum absolute atomic E-state index is 0.292. The molecule has 1 amide bonds. The number of aryl methyl sites for hydroxylation is 3. The molecule has 0 aliphatic rings. The van der Waals surface area contributed by atoms with Crippen molar-refractivity contribution in [2.24, 2.45) is 0 Å². The molecule has 2 aromatic rings. The van der Waals surface area contributed by atoms with Gasteiger partial charge < -0.3 is 5.32 Å². The van der Waals surface area contributed by atoms with Crippen molar-refractivity contribution >= 4 is 27.5 Å². The van der Waals surface area contributed by atoms with E-state index in [0.29, 0.717) is 21.4 Å². The van der Waals surface area contributed by atoms with Gasteiger partial charge in [0.25, 0.3) is 5.91 Å². The lowest BCUT2D eigenvalue weighted by molar-refractivity contribution is 0.102. The molecule has 0 spiro atoms. The first-order chi connectivity index (χ1) is 9.38. The van der Waals surface area contributed by atoms with Gasteiger partial charge in [0.05, 0.1) is 15.7 Å². The lowest BCUT2D eigenvalue weighted by Crippen LogP contribution is -2.15. The van der Waals surface area contributed by atoms with Gasteiger partial charge in [0.1, 0.15) is 5.82 Å². The van der Waals surface area contributed by atoms with Crippen LogP contribution in [0.15, 0.2) is 28.7 Å². The fraction of sp³-hybridized carbons (Fsp3) is 0.200. The molecular weight excluding hydrogens is 323 g/mol. The molecule has 104 valence electrons. The van der Waals surface area contributed by atoms with Crippen LogP contribution in [0.2, 0.25) is 0 Å². The molecule has 0 unspecified atom stereocenters. The van der Waals surface area contributed by atoms with Crippen LogP contribution in [-0.2, 0) is 0 Å². The molecule has 20 heavy (non-hydrogen) atoms. The molecule has 0 bridgehead atoms. The Morgan fingerprint density at radius 2 is 1.95 bits per heavy atom. The van der Waals surface area contributed by atoms with Crippen LogP contribution < -0.4 is 5.32 Å². The summed E-state index contributed by atoms with van der Waals surface area (Å²) in [5.74, 6) is -0.704. The van der Waals surface area contributed by atoms with Gasteiger partial charge in [-0.05, 0) is 66.5 Å². The first-order valence-corrected chi connectivity index (χ1v) is 6.89. The quantitative estimate of drug-likeness (QED) is 0.894. The Morgan fingerprint density at radius 3 is 2.60 bits per heavy atom. The topological polar surface area (TPSA) is 42.0 Å². The first-order valence-electron chi connectivity index (χ1n) is 6.09. The number of halogens is 2. The van der Waals surface area contributed by atoms with Crippen molar-refractivity contribution in [2.45, 2.75) is 20.8 Å². The van der Waals surface area contributed by atoms with Crippen molar-refractivity contribution in [1.82, 2.24) is 4.98 Å². The van der Waals surface area contributed by atoms with Crippen molar-refractivity contribution < 1.29 is 9.18 Å². The van der Waals surface area contributed by atoms with Gasteiger partial charge in [0, 0.05) is 11.4 Å². The molecule has 0 saturated heterocycles. The summed E-state index contributed by atoms with van der Waals surface area (Å²) in [7, 11) is 0. The molecule has 0 saturated carbocycles. The van der Waals surface area contributed by atoms with Crippen LogP contribution in [0, 0.1) is 26.6 Å². The second-order valence-corrected chi connectivity index (χ2v) is 5.48. The predicted molar refractivity (Wildman–Crippen MR) is 80.5 cm³/mol. The average molecular weight is 337 g/mol. The van der Waals surface area contributed by atoms with E-state index in [1.165, 1.54) is 6.07 Å². The molecule has 0 radical (unpaired) electrons. The molecule has 0 aliphatic carbocycles. The van der Waals surface area contributed by atoms with Gasteiger partial charge in [0.2, 0.25) is 0 Å². The first kappa shape index (κ1) is 14.7. The van der Waals surface area contributed by atoms with E-state index in [0.717, 1.165) is 11.3 Å². The normalized spacial score (nSPS) is 10.4. The molecule has 5 heteroatoms. The Morgan fingerprint density at radius 1 is 1.25 bits per heavy atom. The number of rotatable bonds is 2. The lowest BCUT2D eigenvalue weighted by atomic mass is 10.1. The van der Waals surface area contributed by atoms with Gasteiger partial charge in [-0.2, -0.15) is 0 Å².